The minimum Gasteiger partial charge on any atom is -0.468 e. The van der Waals surface area contributed by atoms with Gasteiger partial charge in [-0.05, 0) is 12.5 Å². The first-order valence-electron chi connectivity index (χ1n) is 6.68. The van der Waals surface area contributed by atoms with Gasteiger partial charge in [-0.2, -0.15) is 0 Å². The molecule has 0 aliphatic carbocycles. The Hall–Kier alpha value is -0.570. The monoisotopic (exact) mass is 249 g/mol. The zero-order valence-electron chi connectivity index (χ0n) is 13.9. The number of ether oxygens (including phenoxy) is 1. The average molecular weight is 249 g/mol. The van der Waals surface area contributed by atoms with Gasteiger partial charge in [0.1, 0.15) is 6.04 Å². The van der Waals surface area contributed by atoms with Crippen LogP contribution in [0.4, 0.5) is 0 Å². The molecular formula is C14H35NO2. The Labute approximate surface area is 109 Å². The van der Waals surface area contributed by atoms with Crippen LogP contribution in [0.15, 0.2) is 0 Å². The van der Waals surface area contributed by atoms with Gasteiger partial charge in [0.05, 0.1) is 7.11 Å². The van der Waals surface area contributed by atoms with Crippen LogP contribution in [-0.2, 0) is 9.53 Å². The summed E-state index contributed by atoms with van der Waals surface area (Å²) in [5, 5.41) is 2.92. The average Bonchev–Trinajstić information content (AvgIpc) is 2.35. The molecule has 0 aromatic rings. The largest absolute Gasteiger partial charge is 0.468 e. The second kappa shape index (κ2) is 17.8. The van der Waals surface area contributed by atoms with Gasteiger partial charge < -0.3 is 10.1 Å². The van der Waals surface area contributed by atoms with Crippen LogP contribution in [0, 0.1) is 5.41 Å². The molecule has 3 nitrogen and oxygen atoms in total. The molecule has 0 rings (SSSR count). The van der Waals surface area contributed by atoms with Gasteiger partial charge >= 0.3 is 5.97 Å². The maximum Gasteiger partial charge on any atom is 0.323 e. The minimum absolute atomic E-state index is 0.0954. The Balaban J connectivity index is -0.000000121. The molecular weight excluding hydrogens is 214 g/mol. The van der Waals surface area contributed by atoms with Crippen molar-refractivity contribution in [2.75, 3.05) is 14.2 Å². The molecule has 108 valence electrons. The molecule has 0 aliphatic heterocycles. The molecule has 0 saturated carbocycles. The van der Waals surface area contributed by atoms with Crippen LogP contribution in [0.5, 0.6) is 0 Å². The fraction of sp³-hybridized carbons (Fsp3) is 0.929. The Morgan fingerprint density at radius 2 is 1.29 bits per heavy atom. The SMILES string of the molecule is CC.CC.CC.CNC(C(=O)OC)C(C)(C)C. The van der Waals surface area contributed by atoms with Crippen molar-refractivity contribution < 1.29 is 9.53 Å². The third-order valence-corrected chi connectivity index (χ3v) is 1.59. The topological polar surface area (TPSA) is 38.3 Å². The highest BCUT2D eigenvalue weighted by atomic mass is 16.5. The molecule has 0 amide bonds. The molecule has 0 saturated heterocycles. The quantitative estimate of drug-likeness (QED) is 0.755. The maximum absolute atomic E-state index is 11.1. The lowest BCUT2D eigenvalue weighted by molar-refractivity contribution is -0.145. The van der Waals surface area contributed by atoms with E-state index in [0.717, 1.165) is 0 Å². The fourth-order valence-electron chi connectivity index (χ4n) is 1.02. The van der Waals surface area contributed by atoms with Gasteiger partial charge in [-0.1, -0.05) is 62.3 Å². The summed E-state index contributed by atoms with van der Waals surface area (Å²) in [4.78, 5) is 11.1. The van der Waals surface area contributed by atoms with Crippen LogP contribution < -0.4 is 5.32 Å². The zero-order chi connectivity index (χ0) is 15.1. The standard InChI is InChI=1S/C8H17NO2.3C2H6/c1-8(2,3)6(9-4)7(10)11-5;3*1-2/h6,9H,1-5H3;3*1-2H3. The van der Waals surface area contributed by atoms with Gasteiger partial charge in [0.15, 0.2) is 0 Å². The molecule has 0 bridgehead atoms. The normalized spacial score (nSPS) is 10.3. The summed E-state index contributed by atoms with van der Waals surface area (Å²) < 4.78 is 4.63. The summed E-state index contributed by atoms with van der Waals surface area (Å²) in [6.45, 7) is 18.0. The van der Waals surface area contributed by atoms with E-state index in [2.05, 4.69) is 10.1 Å². The molecule has 1 unspecified atom stereocenters. The lowest BCUT2D eigenvalue weighted by Gasteiger charge is -2.27. The first kappa shape index (κ1) is 25.3. The van der Waals surface area contributed by atoms with Crippen molar-refractivity contribution in [1.82, 2.24) is 5.32 Å². The Morgan fingerprint density at radius 1 is 1.00 bits per heavy atom. The molecule has 1 N–H and O–H groups in total. The molecule has 0 fully saturated rings. The molecule has 1 atom stereocenters. The minimum atomic E-state index is -0.229. The van der Waals surface area contributed by atoms with Crippen molar-refractivity contribution in [3.63, 3.8) is 0 Å². The number of carbonyl (C=O) groups is 1. The van der Waals surface area contributed by atoms with Crippen LogP contribution in [0.1, 0.15) is 62.3 Å². The van der Waals surface area contributed by atoms with E-state index in [1.54, 1.807) is 7.05 Å². The molecule has 3 heteroatoms. The van der Waals surface area contributed by atoms with Crippen molar-refractivity contribution in [2.45, 2.75) is 68.4 Å². The van der Waals surface area contributed by atoms with Gasteiger partial charge in [-0.15, -0.1) is 0 Å². The predicted octanol–water partition coefficient (Wildman–Crippen LogP) is 3.87. The predicted molar refractivity (Wildman–Crippen MR) is 78.4 cm³/mol. The molecule has 0 heterocycles. The van der Waals surface area contributed by atoms with E-state index in [0.29, 0.717) is 0 Å². The van der Waals surface area contributed by atoms with Crippen molar-refractivity contribution in [3.05, 3.63) is 0 Å². The summed E-state index contributed by atoms with van der Waals surface area (Å²) in [5.41, 5.74) is -0.0954. The molecule has 0 aromatic heterocycles. The maximum atomic E-state index is 11.1. The van der Waals surface area contributed by atoms with Crippen molar-refractivity contribution in [2.24, 2.45) is 5.41 Å². The molecule has 17 heavy (non-hydrogen) atoms. The molecule has 0 aromatic carbocycles. The highest BCUT2D eigenvalue weighted by Crippen LogP contribution is 2.19. The van der Waals surface area contributed by atoms with E-state index in [4.69, 9.17) is 0 Å². The first-order chi connectivity index (χ1) is 7.93. The van der Waals surface area contributed by atoms with Crippen LogP contribution in [-0.4, -0.2) is 26.2 Å². The molecule has 0 radical (unpaired) electrons. The van der Waals surface area contributed by atoms with E-state index in [9.17, 15) is 4.79 Å². The van der Waals surface area contributed by atoms with E-state index in [-0.39, 0.29) is 17.4 Å². The smallest absolute Gasteiger partial charge is 0.323 e. The van der Waals surface area contributed by atoms with Gasteiger partial charge in [0.25, 0.3) is 0 Å². The zero-order valence-corrected chi connectivity index (χ0v) is 13.9. The first-order valence-corrected chi connectivity index (χ1v) is 6.68. The summed E-state index contributed by atoms with van der Waals surface area (Å²) in [5.74, 6) is -0.208. The van der Waals surface area contributed by atoms with Gasteiger partial charge in [0, 0.05) is 0 Å². The van der Waals surface area contributed by atoms with Gasteiger partial charge in [-0.25, -0.2) is 0 Å². The second-order valence-corrected chi connectivity index (χ2v) is 3.61. The third kappa shape index (κ3) is 15.4. The summed E-state index contributed by atoms with van der Waals surface area (Å²) in [7, 11) is 3.16. The van der Waals surface area contributed by atoms with E-state index in [1.807, 2.05) is 62.3 Å². The highest BCUT2D eigenvalue weighted by Gasteiger charge is 2.30. The fourth-order valence-corrected chi connectivity index (χ4v) is 1.02. The number of hydrogen-bond acceptors (Lipinski definition) is 3. The number of rotatable bonds is 2. The number of carbonyl (C=O) groups excluding carboxylic acids is 1. The molecule has 0 aliphatic rings. The Bertz CT molecular complexity index is 140. The van der Waals surface area contributed by atoms with Crippen LogP contribution in [0.25, 0.3) is 0 Å². The van der Waals surface area contributed by atoms with Crippen LogP contribution >= 0.6 is 0 Å². The summed E-state index contributed by atoms with van der Waals surface area (Å²) in [6.07, 6.45) is 0. The third-order valence-electron chi connectivity index (χ3n) is 1.59. The summed E-state index contributed by atoms with van der Waals surface area (Å²) >= 11 is 0. The summed E-state index contributed by atoms with van der Waals surface area (Å²) in [6, 6.07) is -0.229. The van der Waals surface area contributed by atoms with Gasteiger partial charge in [0.2, 0.25) is 0 Å². The Morgan fingerprint density at radius 3 is 1.35 bits per heavy atom. The lowest BCUT2D eigenvalue weighted by Crippen LogP contribution is -2.45. The van der Waals surface area contributed by atoms with Crippen LogP contribution in [0.3, 0.4) is 0 Å². The lowest BCUT2D eigenvalue weighted by atomic mass is 9.87. The Kier molecular flexibility index (Phi) is 26.5. The van der Waals surface area contributed by atoms with E-state index in [1.165, 1.54) is 7.11 Å². The van der Waals surface area contributed by atoms with Crippen molar-refractivity contribution in [1.29, 1.82) is 0 Å². The van der Waals surface area contributed by atoms with E-state index >= 15 is 0 Å². The number of likely N-dealkylation sites (N-methyl/N-ethyl adjacent to an activating group) is 1. The number of esters is 1. The molecule has 0 spiro atoms. The van der Waals surface area contributed by atoms with Crippen molar-refractivity contribution >= 4 is 5.97 Å². The number of methoxy groups -OCH3 is 1. The van der Waals surface area contributed by atoms with E-state index < -0.39 is 0 Å². The number of hydrogen-bond donors (Lipinski definition) is 1. The van der Waals surface area contributed by atoms with Gasteiger partial charge in [-0.3, -0.25) is 4.79 Å². The number of nitrogens with one attached hydrogen (secondary N) is 1. The van der Waals surface area contributed by atoms with Crippen LogP contribution in [0.2, 0.25) is 0 Å². The van der Waals surface area contributed by atoms with Crippen molar-refractivity contribution in [3.8, 4) is 0 Å². The second-order valence-electron chi connectivity index (χ2n) is 3.61. The highest BCUT2D eigenvalue weighted by molar-refractivity contribution is 5.76.